The fraction of sp³-hybridized carbons (Fsp3) is 0.231. The number of anilines is 1. The van der Waals surface area contributed by atoms with Crippen LogP contribution in [0.1, 0.15) is 32.0 Å². The highest BCUT2D eigenvalue weighted by molar-refractivity contribution is 7.92. The number of rotatable bonds is 8. The van der Waals surface area contributed by atoms with Crippen LogP contribution in [-0.2, 0) is 22.0 Å². The molecular weight excluding hydrogens is 530 g/mol. The van der Waals surface area contributed by atoms with Gasteiger partial charge in [0.15, 0.2) is 23.2 Å². The molecule has 0 aliphatic carbocycles. The quantitative estimate of drug-likeness (QED) is 0.308. The molecule has 2 aromatic heterocycles. The molecule has 0 amide bonds. The van der Waals surface area contributed by atoms with Crippen molar-refractivity contribution in [2.45, 2.75) is 37.7 Å². The Labute approximate surface area is 225 Å². The number of aliphatic hydroxyl groups is 1. The highest BCUT2D eigenvalue weighted by atomic mass is 35.5. The van der Waals surface area contributed by atoms with Crippen molar-refractivity contribution >= 4 is 27.4 Å². The number of nitrogens with one attached hydrogen (secondary N) is 1. The van der Waals surface area contributed by atoms with Crippen LogP contribution < -0.4 is 14.2 Å². The number of nitrogens with zero attached hydrogens (tertiary/aromatic N) is 4. The van der Waals surface area contributed by atoms with Crippen molar-refractivity contribution in [1.82, 2.24) is 19.9 Å². The van der Waals surface area contributed by atoms with Crippen LogP contribution >= 0.6 is 11.6 Å². The molecule has 38 heavy (non-hydrogen) atoms. The lowest BCUT2D eigenvalue weighted by atomic mass is 9.87. The minimum atomic E-state index is -4.14. The molecular formula is C26H26ClN5O5S. The molecule has 198 valence electrons. The predicted octanol–water partition coefficient (Wildman–Crippen LogP) is 4.98. The van der Waals surface area contributed by atoms with Crippen LogP contribution in [0.5, 0.6) is 17.2 Å². The Hall–Kier alpha value is -3.80. The number of benzene rings is 2. The van der Waals surface area contributed by atoms with Crippen molar-refractivity contribution in [3.63, 3.8) is 0 Å². The van der Waals surface area contributed by atoms with Gasteiger partial charge < -0.3 is 14.6 Å². The van der Waals surface area contributed by atoms with Crippen molar-refractivity contribution in [1.29, 1.82) is 0 Å². The molecule has 0 bridgehead atoms. The molecule has 4 rings (SSSR count). The molecule has 0 aliphatic heterocycles. The Balaban J connectivity index is 1.83. The molecule has 0 spiro atoms. The molecule has 12 heteroatoms. The summed E-state index contributed by atoms with van der Waals surface area (Å²) in [6.45, 7) is 5.50. The third kappa shape index (κ3) is 6.01. The average Bonchev–Trinajstić information content (AvgIpc) is 2.90. The van der Waals surface area contributed by atoms with E-state index >= 15 is 0 Å². The topological polar surface area (TPSA) is 136 Å². The highest BCUT2D eigenvalue weighted by Crippen LogP contribution is 2.38. The maximum Gasteiger partial charge on any atom is 0.263 e. The first kappa shape index (κ1) is 27.2. The third-order valence-electron chi connectivity index (χ3n) is 5.46. The first-order valence-electron chi connectivity index (χ1n) is 11.5. The van der Waals surface area contributed by atoms with Crippen LogP contribution in [0.25, 0.3) is 11.6 Å². The molecule has 0 aliphatic rings. The molecule has 4 aromatic rings. The molecule has 10 nitrogen and oxygen atoms in total. The molecule has 0 atom stereocenters. The molecule has 0 saturated heterocycles. The summed E-state index contributed by atoms with van der Waals surface area (Å²) < 4.78 is 40.5. The summed E-state index contributed by atoms with van der Waals surface area (Å²) in [5, 5.41) is 10.4. The highest BCUT2D eigenvalue weighted by Gasteiger charge is 2.25. The normalized spacial score (nSPS) is 11.7. The summed E-state index contributed by atoms with van der Waals surface area (Å²) in [6.07, 6.45) is 2.98. The van der Waals surface area contributed by atoms with Gasteiger partial charge in [-0.1, -0.05) is 44.5 Å². The molecule has 2 heterocycles. The minimum absolute atomic E-state index is 0.0116. The summed E-state index contributed by atoms with van der Waals surface area (Å²) in [5.41, 5.74) is 0.809. The van der Waals surface area contributed by atoms with Gasteiger partial charge in [-0.15, -0.1) is 0 Å². The molecule has 2 aromatic carbocycles. The Morgan fingerprint density at radius 2 is 1.68 bits per heavy atom. The Bertz CT molecular complexity index is 1540. The number of methoxy groups -OCH3 is 1. The lowest BCUT2D eigenvalue weighted by molar-refractivity contribution is 0.271. The van der Waals surface area contributed by atoms with Gasteiger partial charge >= 0.3 is 0 Å². The maximum atomic E-state index is 13.4. The Morgan fingerprint density at radius 1 is 1.00 bits per heavy atom. The van der Waals surface area contributed by atoms with E-state index in [2.05, 4.69) is 24.7 Å². The number of ether oxygens (including phenoxy) is 2. The summed E-state index contributed by atoms with van der Waals surface area (Å²) in [7, 11) is -2.66. The van der Waals surface area contributed by atoms with E-state index in [4.69, 9.17) is 21.1 Å². The van der Waals surface area contributed by atoms with E-state index in [1.807, 2.05) is 20.8 Å². The van der Waals surface area contributed by atoms with Gasteiger partial charge in [-0.25, -0.2) is 28.4 Å². The largest absolute Gasteiger partial charge is 0.497 e. The molecule has 2 N–H and O–H groups in total. The molecule has 0 unspecified atom stereocenters. The van der Waals surface area contributed by atoms with Gasteiger partial charge in [-0.2, -0.15) is 0 Å². The summed E-state index contributed by atoms with van der Waals surface area (Å²) in [6, 6.07) is 12.9. The van der Waals surface area contributed by atoms with E-state index in [1.165, 1.54) is 37.7 Å². The molecule has 0 radical (unpaired) electrons. The fourth-order valence-corrected chi connectivity index (χ4v) is 4.58. The number of aromatic nitrogens is 4. The van der Waals surface area contributed by atoms with E-state index in [0.717, 1.165) is 5.56 Å². The molecule has 0 saturated carbocycles. The van der Waals surface area contributed by atoms with Crippen molar-refractivity contribution in [3.05, 3.63) is 77.2 Å². The van der Waals surface area contributed by atoms with E-state index in [0.29, 0.717) is 5.75 Å². The van der Waals surface area contributed by atoms with Gasteiger partial charge in [0.25, 0.3) is 10.0 Å². The summed E-state index contributed by atoms with van der Waals surface area (Å²) in [5.74, 6) is 0.333. The third-order valence-corrected chi connectivity index (χ3v) is 7.13. The zero-order chi connectivity index (χ0) is 27.5. The zero-order valence-electron chi connectivity index (χ0n) is 21.1. The second-order valence-electron chi connectivity index (χ2n) is 9.18. The standard InChI is InChI=1S/C26H26ClN5O5S/c1-26(2,3)16-6-9-18(10-7-16)38(34,35)32-23-22(37-21-14-17(36-4)8-11-19(21)27)20(15-33)30-25(31-23)24-28-12-5-13-29-24/h5-14,33H,15H2,1-4H3,(H,30,31,32). The van der Waals surface area contributed by atoms with Gasteiger partial charge in [0, 0.05) is 18.5 Å². The first-order valence-corrected chi connectivity index (χ1v) is 13.3. The van der Waals surface area contributed by atoms with Crippen molar-refractivity contribution in [2.24, 2.45) is 0 Å². The van der Waals surface area contributed by atoms with Crippen molar-refractivity contribution in [3.8, 4) is 28.9 Å². The first-order chi connectivity index (χ1) is 18.0. The van der Waals surface area contributed by atoms with Gasteiger partial charge in [0.1, 0.15) is 17.2 Å². The van der Waals surface area contributed by atoms with Gasteiger partial charge in [0.05, 0.1) is 23.6 Å². The van der Waals surface area contributed by atoms with E-state index in [-0.39, 0.29) is 50.0 Å². The number of aliphatic hydroxyl groups excluding tert-OH is 1. The van der Waals surface area contributed by atoms with Crippen molar-refractivity contribution in [2.75, 3.05) is 11.8 Å². The second kappa shape index (κ2) is 10.9. The van der Waals surface area contributed by atoms with Gasteiger partial charge in [-0.05, 0) is 41.3 Å². The van der Waals surface area contributed by atoms with Crippen LogP contribution in [0.4, 0.5) is 5.82 Å². The zero-order valence-corrected chi connectivity index (χ0v) is 22.7. The lowest BCUT2D eigenvalue weighted by Crippen LogP contribution is -2.17. The van der Waals surface area contributed by atoms with Gasteiger partial charge in [0.2, 0.25) is 0 Å². The van der Waals surface area contributed by atoms with Crippen molar-refractivity contribution < 1.29 is 23.0 Å². The lowest BCUT2D eigenvalue weighted by Gasteiger charge is -2.19. The monoisotopic (exact) mass is 555 g/mol. The molecule has 0 fully saturated rings. The fourth-order valence-electron chi connectivity index (χ4n) is 3.41. The van der Waals surface area contributed by atoms with Gasteiger partial charge in [-0.3, -0.25) is 4.72 Å². The second-order valence-corrected chi connectivity index (χ2v) is 11.3. The Kier molecular flexibility index (Phi) is 7.81. The van der Waals surface area contributed by atoms with Crippen LogP contribution in [0.15, 0.2) is 65.8 Å². The van der Waals surface area contributed by atoms with E-state index < -0.39 is 16.6 Å². The smallest absolute Gasteiger partial charge is 0.263 e. The van der Waals surface area contributed by atoms with E-state index in [1.54, 1.807) is 30.3 Å². The number of halogens is 1. The minimum Gasteiger partial charge on any atom is -0.497 e. The van der Waals surface area contributed by atoms with Crippen LogP contribution in [-0.4, -0.2) is 40.6 Å². The SMILES string of the molecule is COc1ccc(Cl)c(Oc2c(CO)nc(-c3ncccn3)nc2NS(=O)(=O)c2ccc(C(C)(C)C)cc2)c1. The summed E-state index contributed by atoms with van der Waals surface area (Å²) in [4.78, 5) is 16.9. The number of hydrogen-bond donors (Lipinski definition) is 2. The number of hydrogen-bond acceptors (Lipinski definition) is 9. The maximum absolute atomic E-state index is 13.4. The average molecular weight is 556 g/mol. The predicted molar refractivity (Wildman–Crippen MR) is 143 cm³/mol. The summed E-state index contributed by atoms with van der Waals surface area (Å²) >= 11 is 6.32. The number of sulfonamides is 1. The van der Waals surface area contributed by atoms with Crippen LogP contribution in [0.3, 0.4) is 0 Å². The van der Waals surface area contributed by atoms with E-state index in [9.17, 15) is 13.5 Å². The Morgan fingerprint density at radius 3 is 2.29 bits per heavy atom. The van der Waals surface area contributed by atoms with Crippen LogP contribution in [0, 0.1) is 0 Å². The van der Waals surface area contributed by atoms with Crippen LogP contribution in [0.2, 0.25) is 5.02 Å².